The second-order valence-corrected chi connectivity index (χ2v) is 4.89. The van der Waals surface area contributed by atoms with Crippen molar-refractivity contribution < 1.29 is 14.1 Å². The highest BCUT2D eigenvalue weighted by Gasteiger charge is 2.28. The number of nitrogens with zero attached hydrogens (tertiary/aromatic N) is 1. The van der Waals surface area contributed by atoms with Crippen LogP contribution < -0.4 is 10.2 Å². The zero-order chi connectivity index (χ0) is 13.2. The van der Waals surface area contributed by atoms with Crippen LogP contribution in [0.4, 0.5) is 10.1 Å². The summed E-state index contributed by atoms with van der Waals surface area (Å²) >= 11 is 1.21. The van der Waals surface area contributed by atoms with Gasteiger partial charge in [0.25, 0.3) is 0 Å². The molecular formula is C12H10BFN2O2S. The minimum absolute atomic E-state index is 0.237. The van der Waals surface area contributed by atoms with E-state index in [0.29, 0.717) is 16.7 Å². The normalized spacial score (nSPS) is 13.5. The van der Waals surface area contributed by atoms with Crippen LogP contribution in [0.2, 0.25) is 0 Å². The fourth-order valence-electron chi connectivity index (χ4n) is 1.84. The summed E-state index contributed by atoms with van der Waals surface area (Å²) < 4.78 is 21.8. The van der Waals surface area contributed by atoms with Crippen LogP contribution in [0.25, 0.3) is 0 Å². The highest BCUT2D eigenvalue weighted by Crippen LogP contribution is 2.23. The average molecular weight is 276 g/mol. The van der Waals surface area contributed by atoms with Crippen LogP contribution in [0.3, 0.4) is 0 Å². The highest BCUT2D eigenvalue weighted by molar-refractivity contribution is 8.00. The number of hydrogen-bond donors (Lipinski definition) is 2. The number of pyridine rings is 1. The first-order valence-corrected chi connectivity index (χ1v) is 6.51. The predicted octanol–water partition coefficient (Wildman–Crippen LogP) is 1.56. The Morgan fingerprint density at radius 2 is 2.32 bits per heavy atom. The summed E-state index contributed by atoms with van der Waals surface area (Å²) in [5.41, 5.74) is 1.59. The number of nitrogens with one attached hydrogen (secondary N) is 1. The van der Waals surface area contributed by atoms with Crippen LogP contribution in [0.15, 0.2) is 41.6 Å². The lowest BCUT2D eigenvalue weighted by Crippen LogP contribution is -2.28. The summed E-state index contributed by atoms with van der Waals surface area (Å²) in [6.07, 6.45) is 1.67. The summed E-state index contributed by atoms with van der Waals surface area (Å²) in [6.45, 7) is 0.237. The Morgan fingerprint density at radius 1 is 1.42 bits per heavy atom. The van der Waals surface area contributed by atoms with Gasteiger partial charge in [0.1, 0.15) is 10.8 Å². The van der Waals surface area contributed by atoms with E-state index in [2.05, 4.69) is 9.71 Å². The van der Waals surface area contributed by atoms with Crippen molar-refractivity contribution in [2.75, 3.05) is 4.72 Å². The van der Waals surface area contributed by atoms with Crippen molar-refractivity contribution in [1.29, 1.82) is 0 Å². The van der Waals surface area contributed by atoms with Gasteiger partial charge in [-0.1, -0.05) is 6.07 Å². The van der Waals surface area contributed by atoms with Gasteiger partial charge in [0.05, 0.1) is 12.3 Å². The van der Waals surface area contributed by atoms with Gasteiger partial charge in [-0.05, 0) is 35.3 Å². The Kier molecular flexibility index (Phi) is 3.41. The summed E-state index contributed by atoms with van der Waals surface area (Å²) in [4.78, 5) is 4.11. The van der Waals surface area contributed by atoms with E-state index in [4.69, 9.17) is 4.65 Å². The lowest BCUT2D eigenvalue weighted by atomic mass is 9.79. The van der Waals surface area contributed by atoms with E-state index in [-0.39, 0.29) is 12.4 Å². The summed E-state index contributed by atoms with van der Waals surface area (Å²) in [6, 6.07) is 8.44. The van der Waals surface area contributed by atoms with Crippen LogP contribution in [0.1, 0.15) is 5.56 Å². The molecule has 0 saturated heterocycles. The molecule has 0 spiro atoms. The van der Waals surface area contributed by atoms with Gasteiger partial charge < -0.3 is 14.4 Å². The van der Waals surface area contributed by atoms with Gasteiger partial charge >= 0.3 is 7.12 Å². The average Bonchev–Trinajstić information content (AvgIpc) is 2.78. The fraction of sp³-hybridized carbons (Fsp3) is 0.0833. The number of fused-ring (bicyclic) bond motifs is 1. The molecule has 0 radical (unpaired) electrons. The maximum Gasteiger partial charge on any atom is 0.491 e. The molecule has 2 N–H and O–H groups in total. The van der Waals surface area contributed by atoms with Gasteiger partial charge in [0.2, 0.25) is 0 Å². The van der Waals surface area contributed by atoms with Crippen molar-refractivity contribution in [3.8, 4) is 0 Å². The number of benzene rings is 1. The summed E-state index contributed by atoms with van der Waals surface area (Å²) in [5.74, 6) is -0.375. The van der Waals surface area contributed by atoms with Gasteiger partial charge in [-0.2, -0.15) is 0 Å². The molecule has 0 aliphatic carbocycles. The maximum atomic E-state index is 13.8. The standard InChI is InChI=1S/C12H10BFN2O2S/c14-10-5-8-7-18-13(17)9(8)6-11(10)16-19-12-3-1-2-4-15-12/h1-6,16-17H,7H2. The molecule has 0 fully saturated rings. The van der Waals surface area contributed by atoms with Gasteiger partial charge in [-0.3, -0.25) is 0 Å². The van der Waals surface area contributed by atoms with E-state index in [0.717, 1.165) is 5.03 Å². The summed E-state index contributed by atoms with van der Waals surface area (Å²) in [5, 5.41) is 10.3. The minimum atomic E-state index is -0.976. The Labute approximate surface area is 114 Å². The largest absolute Gasteiger partial charge is 0.491 e. The van der Waals surface area contributed by atoms with E-state index in [1.807, 2.05) is 18.2 Å². The van der Waals surface area contributed by atoms with Gasteiger partial charge in [-0.25, -0.2) is 9.37 Å². The van der Waals surface area contributed by atoms with Crippen LogP contribution in [-0.2, 0) is 11.3 Å². The van der Waals surface area contributed by atoms with Crippen molar-refractivity contribution >= 4 is 30.2 Å². The highest BCUT2D eigenvalue weighted by atomic mass is 32.2. The van der Waals surface area contributed by atoms with Crippen molar-refractivity contribution in [3.05, 3.63) is 47.9 Å². The van der Waals surface area contributed by atoms with E-state index >= 15 is 0 Å². The Hall–Kier alpha value is -1.57. The Morgan fingerprint density at radius 3 is 3.11 bits per heavy atom. The third-order valence-corrected chi connectivity index (χ3v) is 3.57. The first-order chi connectivity index (χ1) is 9.24. The van der Waals surface area contributed by atoms with Gasteiger partial charge in [0.15, 0.2) is 0 Å². The van der Waals surface area contributed by atoms with Gasteiger partial charge in [-0.15, -0.1) is 0 Å². The second-order valence-electron chi connectivity index (χ2n) is 4.07. The molecule has 4 nitrogen and oxygen atoms in total. The maximum absolute atomic E-state index is 13.8. The lowest BCUT2D eigenvalue weighted by Gasteiger charge is -2.08. The topological polar surface area (TPSA) is 54.4 Å². The predicted molar refractivity (Wildman–Crippen MR) is 72.5 cm³/mol. The van der Waals surface area contributed by atoms with Crippen LogP contribution in [0.5, 0.6) is 0 Å². The molecule has 19 heavy (non-hydrogen) atoms. The monoisotopic (exact) mass is 276 g/mol. The van der Waals surface area contributed by atoms with E-state index in [9.17, 15) is 9.41 Å². The zero-order valence-corrected chi connectivity index (χ0v) is 10.7. The van der Waals surface area contributed by atoms with E-state index in [1.165, 1.54) is 18.0 Å². The van der Waals surface area contributed by atoms with E-state index < -0.39 is 7.12 Å². The van der Waals surface area contributed by atoms with Crippen LogP contribution in [-0.4, -0.2) is 17.1 Å². The van der Waals surface area contributed by atoms with Gasteiger partial charge in [0, 0.05) is 18.1 Å². The Bertz CT molecular complexity index is 600. The molecule has 7 heteroatoms. The minimum Gasteiger partial charge on any atom is -0.423 e. The molecule has 2 heterocycles. The molecule has 1 aromatic heterocycles. The molecule has 1 aliphatic rings. The number of halogens is 1. The second kappa shape index (κ2) is 5.20. The molecule has 0 amide bonds. The molecule has 2 aromatic rings. The molecule has 0 unspecified atom stereocenters. The van der Waals surface area contributed by atoms with Crippen molar-refractivity contribution in [2.45, 2.75) is 11.6 Å². The first-order valence-electron chi connectivity index (χ1n) is 5.70. The van der Waals surface area contributed by atoms with Crippen LogP contribution >= 0.6 is 11.9 Å². The zero-order valence-electron chi connectivity index (χ0n) is 9.84. The Balaban J connectivity index is 1.80. The molecular weight excluding hydrogens is 266 g/mol. The van der Waals surface area contributed by atoms with Crippen molar-refractivity contribution in [2.24, 2.45) is 0 Å². The van der Waals surface area contributed by atoms with Crippen molar-refractivity contribution in [3.63, 3.8) is 0 Å². The first kappa shape index (κ1) is 12.5. The summed E-state index contributed by atoms with van der Waals surface area (Å²) in [7, 11) is -0.976. The molecule has 1 aromatic carbocycles. The fourth-order valence-corrected chi connectivity index (χ4v) is 2.47. The van der Waals surface area contributed by atoms with Crippen LogP contribution in [0, 0.1) is 5.82 Å². The molecule has 0 saturated carbocycles. The number of anilines is 1. The molecule has 1 aliphatic heterocycles. The smallest absolute Gasteiger partial charge is 0.423 e. The number of rotatable bonds is 3. The molecule has 3 rings (SSSR count). The third-order valence-electron chi connectivity index (χ3n) is 2.79. The third kappa shape index (κ3) is 2.58. The van der Waals surface area contributed by atoms with E-state index in [1.54, 1.807) is 12.3 Å². The molecule has 0 bridgehead atoms. The van der Waals surface area contributed by atoms with Crippen molar-refractivity contribution in [1.82, 2.24) is 4.98 Å². The number of aromatic nitrogens is 1. The SMILES string of the molecule is OB1OCc2cc(F)c(NSc3ccccn3)cc21. The molecule has 96 valence electrons. The lowest BCUT2D eigenvalue weighted by molar-refractivity contribution is 0.275. The number of hydrogen-bond acceptors (Lipinski definition) is 5. The molecule has 0 atom stereocenters. The quantitative estimate of drug-likeness (QED) is 0.658.